The van der Waals surface area contributed by atoms with Crippen molar-refractivity contribution in [3.05, 3.63) is 66.0 Å². The van der Waals surface area contributed by atoms with E-state index in [1.165, 1.54) is 11.3 Å². The zero-order valence-electron chi connectivity index (χ0n) is 12.8. The Kier molecular flexibility index (Phi) is 3.46. The van der Waals surface area contributed by atoms with Crippen molar-refractivity contribution < 1.29 is 10.2 Å². The van der Waals surface area contributed by atoms with E-state index < -0.39 is 0 Å². The Balaban J connectivity index is 1.86. The minimum absolute atomic E-state index is 0.0176. The monoisotopic (exact) mass is 337 g/mol. The maximum Gasteiger partial charge on any atom is 0.196 e. The molecule has 2 aromatic heterocycles. The number of phenolic OH excluding ortho intramolecular Hbond substituents is 1. The highest BCUT2D eigenvalue weighted by molar-refractivity contribution is 7.15. The molecule has 1 aromatic carbocycles. The number of aromatic nitrogens is 3. The highest BCUT2D eigenvalue weighted by Gasteiger charge is 2.22. The second-order valence-corrected chi connectivity index (χ2v) is 6.55. The van der Waals surface area contributed by atoms with Gasteiger partial charge >= 0.3 is 0 Å². The minimum Gasteiger partial charge on any atom is -0.507 e. The summed E-state index contributed by atoms with van der Waals surface area (Å²) in [7, 11) is 0. The first-order valence-corrected chi connectivity index (χ1v) is 8.34. The molecule has 0 saturated carbocycles. The van der Waals surface area contributed by atoms with E-state index in [0.717, 1.165) is 17.6 Å². The van der Waals surface area contributed by atoms with Crippen molar-refractivity contribution in [1.29, 1.82) is 0 Å². The standard InChI is InChI=1S/C18H15N3O2S/c1-11(22)17-15(12-6-3-2-4-7-12)20-18(24-17)21-10-19-16-13(21)8-5-9-14(16)23/h2-6,8-10,12,22-23H,1,7H2. The van der Waals surface area contributed by atoms with Gasteiger partial charge in [-0.15, -0.1) is 0 Å². The molecule has 6 heteroatoms. The van der Waals surface area contributed by atoms with Gasteiger partial charge < -0.3 is 10.2 Å². The van der Waals surface area contributed by atoms with E-state index >= 15 is 0 Å². The number of hydrogen-bond donors (Lipinski definition) is 2. The first-order chi connectivity index (χ1) is 11.6. The molecule has 0 radical (unpaired) electrons. The summed E-state index contributed by atoms with van der Waals surface area (Å²) in [5.74, 6) is 0.265. The van der Waals surface area contributed by atoms with Crippen LogP contribution >= 0.6 is 11.3 Å². The third-order valence-electron chi connectivity index (χ3n) is 4.00. The number of imidazole rings is 1. The van der Waals surface area contributed by atoms with Crippen molar-refractivity contribution in [1.82, 2.24) is 14.5 Å². The average molecular weight is 337 g/mol. The summed E-state index contributed by atoms with van der Waals surface area (Å²) in [5.41, 5.74) is 2.11. The van der Waals surface area contributed by atoms with E-state index in [4.69, 9.17) is 4.98 Å². The quantitative estimate of drug-likeness (QED) is 0.698. The molecule has 1 aliphatic rings. The van der Waals surface area contributed by atoms with Gasteiger partial charge in [0.15, 0.2) is 5.13 Å². The van der Waals surface area contributed by atoms with Crippen LogP contribution in [0.3, 0.4) is 0 Å². The number of phenols is 1. The van der Waals surface area contributed by atoms with Gasteiger partial charge in [0.05, 0.1) is 16.1 Å². The van der Waals surface area contributed by atoms with E-state index in [9.17, 15) is 10.2 Å². The van der Waals surface area contributed by atoms with Gasteiger partial charge in [-0.3, -0.25) is 4.57 Å². The van der Waals surface area contributed by atoms with Crippen LogP contribution in [0.15, 0.2) is 55.4 Å². The van der Waals surface area contributed by atoms with Gasteiger partial charge in [0.25, 0.3) is 0 Å². The number of nitrogens with zero attached hydrogens (tertiary/aromatic N) is 3. The summed E-state index contributed by atoms with van der Waals surface area (Å²) in [5, 5.41) is 20.6. The Morgan fingerprint density at radius 3 is 2.96 bits per heavy atom. The fourth-order valence-electron chi connectivity index (χ4n) is 2.84. The molecule has 120 valence electrons. The van der Waals surface area contributed by atoms with Gasteiger partial charge in [-0.05, 0) is 18.6 Å². The lowest BCUT2D eigenvalue weighted by molar-refractivity contribution is 0.480. The zero-order chi connectivity index (χ0) is 16.7. The van der Waals surface area contributed by atoms with Crippen molar-refractivity contribution in [2.24, 2.45) is 0 Å². The minimum atomic E-state index is 0.0176. The Bertz CT molecular complexity index is 997. The summed E-state index contributed by atoms with van der Waals surface area (Å²) in [4.78, 5) is 9.67. The van der Waals surface area contributed by atoms with Crippen molar-refractivity contribution in [2.45, 2.75) is 12.3 Å². The van der Waals surface area contributed by atoms with E-state index in [0.29, 0.717) is 15.5 Å². The largest absolute Gasteiger partial charge is 0.507 e. The van der Waals surface area contributed by atoms with Crippen LogP contribution in [-0.2, 0) is 0 Å². The van der Waals surface area contributed by atoms with Gasteiger partial charge in [-0.2, -0.15) is 0 Å². The van der Waals surface area contributed by atoms with E-state index in [2.05, 4.69) is 23.7 Å². The molecule has 0 saturated heterocycles. The second kappa shape index (κ2) is 5.65. The van der Waals surface area contributed by atoms with Crippen molar-refractivity contribution in [2.75, 3.05) is 0 Å². The number of benzene rings is 1. The number of fused-ring (bicyclic) bond motifs is 1. The van der Waals surface area contributed by atoms with Gasteiger partial charge in [0.1, 0.15) is 23.4 Å². The molecule has 1 unspecified atom stereocenters. The number of hydrogen-bond acceptors (Lipinski definition) is 5. The van der Waals surface area contributed by atoms with Crippen LogP contribution in [0.5, 0.6) is 5.75 Å². The first kappa shape index (κ1) is 14.7. The van der Waals surface area contributed by atoms with Gasteiger partial charge in [-0.1, -0.05) is 48.3 Å². The zero-order valence-corrected chi connectivity index (χ0v) is 13.6. The van der Waals surface area contributed by atoms with Crippen LogP contribution in [0.4, 0.5) is 0 Å². The third-order valence-corrected chi connectivity index (χ3v) is 5.12. The Morgan fingerprint density at radius 2 is 2.21 bits per heavy atom. The molecule has 5 nitrogen and oxygen atoms in total. The molecule has 1 atom stereocenters. The molecular weight excluding hydrogens is 322 g/mol. The van der Waals surface area contributed by atoms with Crippen LogP contribution in [0.1, 0.15) is 22.9 Å². The molecule has 0 bridgehead atoms. The molecule has 4 rings (SSSR count). The topological polar surface area (TPSA) is 71.2 Å². The highest BCUT2D eigenvalue weighted by Crippen LogP contribution is 2.36. The van der Waals surface area contributed by atoms with E-state index in [-0.39, 0.29) is 17.4 Å². The predicted molar refractivity (Wildman–Crippen MR) is 95.7 cm³/mol. The Morgan fingerprint density at radius 1 is 1.33 bits per heavy atom. The molecule has 2 heterocycles. The summed E-state index contributed by atoms with van der Waals surface area (Å²) in [6, 6.07) is 5.25. The predicted octanol–water partition coefficient (Wildman–Crippen LogP) is 4.32. The smallest absolute Gasteiger partial charge is 0.196 e. The second-order valence-electron chi connectivity index (χ2n) is 5.57. The van der Waals surface area contributed by atoms with E-state index in [1.807, 2.05) is 22.8 Å². The number of aliphatic hydroxyl groups excluding tert-OH is 1. The first-order valence-electron chi connectivity index (χ1n) is 7.53. The van der Waals surface area contributed by atoms with Crippen LogP contribution in [-0.4, -0.2) is 24.7 Å². The molecule has 0 spiro atoms. The normalized spacial score (nSPS) is 16.8. The lowest BCUT2D eigenvalue weighted by Crippen LogP contribution is -2.00. The molecule has 2 N–H and O–H groups in total. The van der Waals surface area contributed by atoms with Gasteiger partial charge in [-0.25, -0.2) is 9.97 Å². The van der Waals surface area contributed by atoms with Crippen LogP contribution in [0, 0.1) is 0 Å². The number of aromatic hydroxyl groups is 1. The maximum atomic E-state index is 9.97. The molecule has 1 aliphatic carbocycles. The molecule has 0 aliphatic heterocycles. The SMILES string of the molecule is C=C(O)c1sc(-n2cnc3c(O)cccc32)nc1C1C=CC=CC1. The molecule has 0 amide bonds. The summed E-state index contributed by atoms with van der Waals surface area (Å²) in [6.45, 7) is 3.67. The van der Waals surface area contributed by atoms with E-state index in [1.54, 1.807) is 18.5 Å². The maximum absolute atomic E-state index is 9.97. The van der Waals surface area contributed by atoms with Crippen molar-refractivity contribution >= 4 is 28.1 Å². The summed E-state index contributed by atoms with van der Waals surface area (Å²) < 4.78 is 1.82. The number of aliphatic hydroxyl groups is 1. The van der Waals surface area contributed by atoms with Gasteiger partial charge in [0.2, 0.25) is 0 Å². The number of thiazole rings is 1. The molecule has 3 aromatic rings. The summed E-state index contributed by atoms with van der Waals surface area (Å²) >= 11 is 1.36. The molecular formula is C18H15N3O2S. The number of para-hydroxylation sites is 1. The van der Waals surface area contributed by atoms with Crippen LogP contribution in [0.25, 0.3) is 21.9 Å². The number of allylic oxidation sites excluding steroid dienone is 4. The third kappa shape index (κ3) is 2.32. The number of rotatable bonds is 3. The van der Waals surface area contributed by atoms with Crippen LogP contribution in [0.2, 0.25) is 0 Å². The van der Waals surface area contributed by atoms with Crippen molar-refractivity contribution in [3.8, 4) is 10.9 Å². The Labute approximate surface area is 142 Å². The average Bonchev–Trinajstić information content (AvgIpc) is 3.20. The highest BCUT2D eigenvalue weighted by atomic mass is 32.1. The van der Waals surface area contributed by atoms with Gasteiger partial charge in [0, 0.05) is 5.92 Å². The summed E-state index contributed by atoms with van der Waals surface area (Å²) in [6.07, 6.45) is 10.6. The molecule has 24 heavy (non-hydrogen) atoms. The fraction of sp³-hybridized carbons (Fsp3) is 0.111. The molecule has 0 fully saturated rings. The Hall–Kier alpha value is -2.86. The lowest BCUT2D eigenvalue weighted by Gasteiger charge is -2.11. The lowest BCUT2D eigenvalue weighted by atomic mass is 9.96. The fourth-order valence-corrected chi connectivity index (χ4v) is 3.83. The van der Waals surface area contributed by atoms with Crippen LogP contribution < -0.4 is 0 Å². The van der Waals surface area contributed by atoms with Crippen molar-refractivity contribution in [3.63, 3.8) is 0 Å².